The first-order valence-electron chi connectivity index (χ1n) is 13.2. The van der Waals surface area contributed by atoms with Crippen LogP contribution in [0, 0.1) is 0 Å². The highest BCUT2D eigenvalue weighted by molar-refractivity contribution is 6.31. The van der Waals surface area contributed by atoms with Crippen molar-refractivity contribution < 1.29 is 19.1 Å². The summed E-state index contributed by atoms with van der Waals surface area (Å²) in [5.41, 5.74) is 3.39. The fraction of sp³-hybridized carbons (Fsp3) is 0.333. The zero-order valence-electron chi connectivity index (χ0n) is 22.4. The van der Waals surface area contributed by atoms with E-state index in [2.05, 4.69) is 26.5 Å². The highest BCUT2D eigenvalue weighted by Gasteiger charge is 2.24. The molecule has 9 heteroatoms. The van der Waals surface area contributed by atoms with E-state index in [1.807, 2.05) is 37.3 Å². The zero-order valence-corrected chi connectivity index (χ0v) is 23.2. The van der Waals surface area contributed by atoms with E-state index in [1.54, 1.807) is 37.4 Å². The van der Waals surface area contributed by atoms with Crippen LogP contribution in [0.15, 0.2) is 66.7 Å². The molecule has 0 radical (unpaired) electrons. The minimum atomic E-state index is -0.293. The average Bonchev–Trinajstić information content (AvgIpc) is 2.97. The fourth-order valence-electron chi connectivity index (χ4n) is 4.60. The van der Waals surface area contributed by atoms with Gasteiger partial charge in [-0.1, -0.05) is 29.8 Å². The largest absolute Gasteiger partial charge is 0.495 e. The summed E-state index contributed by atoms with van der Waals surface area (Å²) in [4.78, 5) is 30.7. The first-order chi connectivity index (χ1) is 19.0. The lowest BCUT2D eigenvalue weighted by atomic mass is 10.1. The second-order valence-corrected chi connectivity index (χ2v) is 9.59. The number of carbonyl (C=O) groups is 2. The molecule has 0 aliphatic carbocycles. The Hall–Kier alpha value is -3.75. The average molecular weight is 551 g/mol. The summed E-state index contributed by atoms with van der Waals surface area (Å²) >= 11 is 6.05. The van der Waals surface area contributed by atoms with Gasteiger partial charge in [-0.2, -0.15) is 0 Å². The van der Waals surface area contributed by atoms with Gasteiger partial charge in [-0.05, 0) is 61.9 Å². The van der Waals surface area contributed by atoms with E-state index in [4.69, 9.17) is 21.1 Å². The third kappa shape index (κ3) is 7.43. The van der Waals surface area contributed by atoms with Crippen molar-refractivity contribution in [2.24, 2.45) is 0 Å². The maximum Gasteiger partial charge on any atom is 0.255 e. The number of anilines is 3. The number of benzene rings is 3. The number of piperazine rings is 1. The number of halogens is 1. The summed E-state index contributed by atoms with van der Waals surface area (Å²) in [5, 5.41) is 6.39. The highest BCUT2D eigenvalue weighted by atomic mass is 35.5. The van der Waals surface area contributed by atoms with Crippen molar-refractivity contribution in [3.05, 3.63) is 82.9 Å². The number of carbonyl (C=O) groups excluding carboxylic acids is 2. The van der Waals surface area contributed by atoms with Crippen LogP contribution in [0.1, 0.15) is 34.1 Å². The van der Waals surface area contributed by atoms with Crippen LogP contribution < -0.4 is 25.2 Å². The molecule has 1 fully saturated rings. The summed E-state index contributed by atoms with van der Waals surface area (Å²) in [5.74, 6) is 0.365. The van der Waals surface area contributed by atoms with E-state index in [0.717, 1.165) is 49.7 Å². The Kier molecular flexibility index (Phi) is 10.1. The fourth-order valence-corrected chi connectivity index (χ4v) is 4.79. The molecular formula is C30H35ClN4O4. The number of nitrogens with zero attached hydrogens (tertiary/aromatic N) is 2. The van der Waals surface area contributed by atoms with E-state index >= 15 is 0 Å². The number of hydrogen-bond donors (Lipinski definition) is 2. The lowest BCUT2D eigenvalue weighted by Gasteiger charge is -2.38. The Balaban J connectivity index is 1.51. The molecule has 1 saturated heterocycles. The van der Waals surface area contributed by atoms with E-state index in [1.165, 1.54) is 0 Å². The number of rotatable bonds is 11. The second kappa shape index (κ2) is 13.9. The quantitative estimate of drug-likeness (QED) is 0.324. The molecule has 0 atom stereocenters. The van der Waals surface area contributed by atoms with Gasteiger partial charge in [0.05, 0.1) is 18.4 Å². The maximum absolute atomic E-state index is 13.3. The van der Waals surface area contributed by atoms with Crippen molar-refractivity contribution in [3.8, 4) is 5.75 Å². The van der Waals surface area contributed by atoms with Crippen molar-refractivity contribution in [3.63, 3.8) is 0 Å². The Labute approximate surface area is 234 Å². The monoisotopic (exact) mass is 550 g/mol. The van der Waals surface area contributed by atoms with E-state index < -0.39 is 0 Å². The number of nitrogens with one attached hydrogen (secondary N) is 2. The number of methoxy groups -OCH3 is 1. The van der Waals surface area contributed by atoms with Crippen LogP contribution in [-0.4, -0.2) is 64.9 Å². The van der Waals surface area contributed by atoms with Crippen molar-refractivity contribution in [2.75, 3.05) is 68.2 Å². The Bertz CT molecular complexity index is 1280. The van der Waals surface area contributed by atoms with Gasteiger partial charge >= 0.3 is 0 Å². The number of amides is 2. The van der Waals surface area contributed by atoms with Gasteiger partial charge in [0.2, 0.25) is 0 Å². The molecule has 0 bridgehead atoms. The summed E-state index contributed by atoms with van der Waals surface area (Å²) in [6.07, 6.45) is 0.720. The van der Waals surface area contributed by atoms with Gasteiger partial charge in [-0.15, -0.1) is 0 Å². The molecule has 0 unspecified atom stereocenters. The maximum atomic E-state index is 13.3. The Morgan fingerprint density at radius 3 is 2.36 bits per heavy atom. The molecule has 2 N–H and O–H groups in total. The summed E-state index contributed by atoms with van der Waals surface area (Å²) < 4.78 is 10.9. The summed E-state index contributed by atoms with van der Waals surface area (Å²) in [6, 6.07) is 20.2. The van der Waals surface area contributed by atoms with Crippen molar-refractivity contribution in [2.45, 2.75) is 13.3 Å². The summed E-state index contributed by atoms with van der Waals surface area (Å²) in [7, 11) is 1.68. The van der Waals surface area contributed by atoms with E-state index in [0.29, 0.717) is 41.6 Å². The number of para-hydroxylation sites is 2. The molecule has 0 spiro atoms. The number of hydrogen-bond acceptors (Lipinski definition) is 6. The van der Waals surface area contributed by atoms with Crippen LogP contribution >= 0.6 is 11.6 Å². The Morgan fingerprint density at radius 2 is 1.64 bits per heavy atom. The van der Waals surface area contributed by atoms with Gasteiger partial charge in [0.25, 0.3) is 11.8 Å². The SMILES string of the molecule is CCOCCCNC(=O)c1cc(NC(=O)c2cccc(Cl)c2)ccc1N1CCN(c2ccccc2OC)CC1. The van der Waals surface area contributed by atoms with Crippen LogP contribution in [0.5, 0.6) is 5.75 Å². The molecule has 0 saturated carbocycles. The molecule has 3 aromatic carbocycles. The molecular weight excluding hydrogens is 516 g/mol. The molecule has 206 valence electrons. The smallest absolute Gasteiger partial charge is 0.255 e. The van der Waals surface area contributed by atoms with E-state index in [-0.39, 0.29) is 11.8 Å². The molecule has 0 aromatic heterocycles. The van der Waals surface area contributed by atoms with Crippen LogP contribution in [0.4, 0.5) is 17.1 Å². The van der Waals surface area contributed by atoms with Gasteiger partial charge in [-0.3, -0.25) is 9.59 Å². The molecule has 39 heavy (non-hydrogen) atoms. The van der Waals surface area contributed by atoms with Crippen molar-refractivity contribution in [1.82, 2.24) is 5.32 Å². The van der Waals surface area contributed by atoms with Crippen molar-refractivity contribution in [1.29, 1.82) is 0 Å². The molecule has 3 aromatic rings. The highest BCUT2D eigenvalue weighted by Crippen LogP contribution is 2.31. The second-order valence-electron chi connectivity index (χ2n) is 9.15. The first kappa shape index (κ1) is 28.3. The normalized spacial score (nSPS) is 13.2. The van der Waals surface area contributed by atoms with Gasteiger partial charge in [0, 0.05) is 67.9 Å². The third-order valence-corrected chi connectivity index (χ3v) is 6.82. The molecule has 8 nitrogen and oxygen atoms in total. The zero-order chi connectivity index (χ0) is 27.6. The van der Waals surface area contributed by atoms with Crippen LogP contribution in [0.2, 0.25) is 5.02 Å². The lowest BCUT2D eigenvalue weighted by molar-refractivity contribution is 0.0943. The van der Waals surface area contributed by atoms with Crippen LogP contribution in [0.25, 0.3) is 0 Å². The minimum absolute atomic E-state index is 0.187. The van der Waals surface area contributed by atoms with E-state index in [9.17, 15) is 9.59 Å². The predicted octanol–water partition coefficient (Wildman–Crippen LogP) is 5.08. The molecule has 1 aliphatic rings. The standard InChI is InChI=1S/C30H35ClN4O4/c1-3-39-19-7-14-32-30(37)25-21-24(33-29(36)22-8-6-9-23(31)20-22)12-13-26(25)34-15-17-35(18-16-34)27-10-4-5-11-28(27)38-2/h4-6,8-13,20-21H,3,7,14-19H2,1-2H3,(H,32,37)(H,33,36). The molecule has 1 heterocycles. The van der Waals surface area contributed by atoms with Crippen molar-refractivity contribution >= 4 is 40.5 Å². The van der Waals surface area contributed by atoms with Gasteiger partial charge < -0.3 is 29.9 Å². The van der Waals surface area contributed by atoms with Gasteiger partial charge in [0.1, 0.15) is 5.75 Å². The van der Waals surface area contributed by atoms with Gasteiger partial charge in [0.15, 0.2) is 0 Å². The third-order valence-electron chi connectivity index (χ3n) is 6.59. The predicted molar refractivity (Wildman–Crippen MR) is 157 cm³/mol. The van der Waals surface area contributed by atoms with Crippen LogP contribution in [0.3, 0.4) is 0 Å². The first-order valence-corrected chi connectivity index (χ1v) is 13.6. The molecule has 2 amide bonds. The van der Waals surface area contributed by atoms with Gasteiger partial charge in [-0.25, -0.2) is 0 Å². The molecule has 1 aliphatic heterocycles. The number of ether oxygens (including phenoxy) is 2. The summed E-state index contributed by atoms with van der Waals surface area (Å²) in [6.45, 7) is 6.71. The Morgan fingerprint density at radius 1 is 0.897 bits per heavy atom. The van der Waals surface area contributed by atoms with Crippen LogP contribution in [-0.2, 0) is 4.74 Å². The minimum Gasteiger partial charge on any atom is -0.495 e. The topological polar surface area (TPSA) is 83.1 Å². The molecule has 4 rings (SSSR count). The lowest BCUT2D eigenvalue weighted by Crippen LogP contribution is -2.47.